The molecule has 3 N–H and O–H groups in total. The van der Waals surface area contributed by atoms with Crippen LogP contribution >= 0.6 is 0 Å². The van der Waals surface area contributed by atoms with Crippen molar-refractivity contribution < 1.29 is 4.42 Å². The highest BCUT2D eigenvalue weighted by Gasteiger charge is 2.16. The molecule has 4 nitrogen and oxygen atoms in total. The van der Waals surface area contributed by atoms with E-state index in [2.05, 4.69) is 22.1 Å². The summed E-state index contributed by atoms with van der Waals surface area (Å²) in [7, 11) is 0. The largest absolute Gasteiger partial charge is 0.460 e. The molecule has 4 heteroatoms. The van der Waals surface area contributed by atoms with Gasteiger partial charge >= 0.3 is 0 Å². The molecular weight excluding hydrogens is 250 g/mol. The highest BCUT2D eigenvalue weighted by molar-refractivity contribution is 5.51. The molecular formula is C16H17N3O. The van der Waals surface area contributed by atoms with Gasteiger partial charge in [0.05, 0.1) is 12.1 Å². The lowest BCUT2D eigenvalue weighted by molar-refractivity contribution is 0.546. The summed E-state index contributed by atoms with van der Waals surface area (Å²) < 4.78 is 5.60. The summed E-state index contributed by atoms with van der Waals surface area (Å²) in [5.74, 6) is 2.61. The second kappa shape index (κ2) is 5.35. The Hall–Kier alpha value is -2.33. The van der Waals surface area contributed by atoms with Crippen LogP contribution in [0, 0.1) is 6.92 Å². The summed E-state index contributed by atoms with van der Waals surface area (Å²) in [5, 5.41) is 0. The van der Waals surface area contributed by atoms with Crippen molar-refractivity contribution in [3.05, 3.63) is 65.8 Å². The number of nitrogens with two attached hydrogens (primary N) is 1. The molecule has 102 valence electrons. The van der Waals surface area contributed by atoms with Gasteiger partial charge in [0.2, 0.25) is 0 Å². The second-order valence-corrected chi connectivity index (χ2v) is 4.79. The molecule has 0 spiro atoms. The molecule has 1 aromatic carbocycles. The maximum atomic E-state index is 5.91. The van der Waals surface area contributed by atoms with E-state index in [9.17, 15) is 0 Å². The Morgan fingerprint density at radius 3 is 2.65 bits per heavy atom. The maximum absolute atomic E-state index is 5.91. The van der Waals surface area contributed by atoms with E-state index in [1.54, 1.807) is 6.20 Å². The first-order valence-electron chi connectivity index (χ1n) is 6.64. The van der Waals surface area contributed by atoms with Gasteiger partial charge in [-0.1, -0.05) is 30.3 Å². The molecule has 0 aliphatic heterocycles. The van der Waals surface area contributed by atoms with Gasteiger partial charge in [-0.05, 0) is 24.6 Å². The molecule has 1 unspecified atom stereocenters. The Morgan fingerprint density at radius 2 is 2.00 bits per heavy atom. The van der Waals surface area contributed by atoms with Gasteiger partial charge in [0.25, 0.3) is 0 Å². The molecule has 0 saturated carbocycles. The Kier molecular flexibility index (Phi) is 3.39. The van der Waals surface area contributed by atoms with Gasteiger partial charge in [-0.15, -0.1) is 0 Å². The molecule has 3 rings (SSSR count). The summed E-state index contributed by atoms with van der Waals surface area (Å²) >= 11 is 0. The lowest BCUT2D eigenvalue weighted by Crippen LogP contribution is -2.15. The van der Waals surface area contributed by atoms with Crippen molar-refractivity contribution in [1.29, 1.82) is 0 Å². The Balaban J connectivity index is 1.92. The van der Waals surface area contributed by atoms with Crippen LogP contribution in [0.1, 0.15) is 23.1 Å². The molecule has 0 radical (unpaired) electrons. The van der Waals surface area contributed by atoms with E-state index in [4.69, 9.17) is 10.2 Å². The molecule has 3 aromatic rings. The molecule has 0 saturated heterocycles. The zero-order chi connectivity index (χ0) is 13.9. The van der Waals surface area contributed by atoms with Crippen molar-refractivity contribution in [2.24, 2.45) is 5.73 Å². The first-order valence-corrected chi connectivity index (χ1v) is 6.64. The van der Waals surface area contributed by atoms with E-state index in [0.717, 1.165) is 28.6 Å². The summed E-state index contributed by atoms with van der Waals surface area (Å²) in [6, 6.07) is 14.0. The van der Waals surface area contributed by atoms with Crippen molar-refractivity contribution in [3.63, 3.8) is 0 Å². The highest BCUT2D eigenvalue weighted by Crippen LogP contribution is 2.25. The van der Waals surface area contributed by atoms with Gasteiger partial charge in [-0.3, -0.25) is 0 Å². The van der Waals surface area contributed by atoms with E-state index in [1.807, 2.05) is 37.3 Å². The number of hydrogen-bond acceptors (Lipinski definition) is 3. The SMILES string of the molecule is Cc1ccc(-c2cnc(C(CN)c3ccccc3)[nH]2)o1. The highest BCUT2D eigenvalue weighted by atomic mass is 16.3. The number of H-pyrrole nitrogens is 1. The summed E-state index contributed by atoms with van der Waals surface area (Å²) in [6.07, 6.45) is 1.79. The van der Waals surface area contributed by atoms with Crippen LogP contribution in [-0.2, 0) is 0 Å². The number of aryl methyl sites for hydroxylation is 1. The molecule has 0 aliphatic rings. The van der Waals surface area contributed by atoms with Gasteiger partial charge in [0.15, 0.2) is 5.76 Å². The minimum atomic E-state index is 0.0704. The van der Waals surface area contributed by atoms with Crippen LogP contribution in [0.4, 0.5) is 0 Å². The Bertz CT molecular complexity index is 685. The Labute approximate surface area is 117 Å². The molecule has 0 fully saturated rings. The number of aromatic amines is 1. The molecule has 0 aliphatic carbocycles. The summed E-state index contributed by atoms with van der Waals surface area (Å²) in [5.41, 5.74) is 7.94. The van der Waals surface area contributed by atoms with Crippen molar-refractivity contribution in [1.82, 2.24) is 9.97 Å². The zero-order valence-electron chi connectivity index (χ0n) is 11.3. The average Bonchev–Trinajstić information content (AvgIpc) is 3.10. The van der Waals surface area contributed by atoms with Crippen LogP contribution in [0.2, 0.25) is 0 Å². The molecule has 2 aromatic heterocycles. The third-order valence-corrected chi connectivity index (χ3v) is 3.37. The monoisotopic (exact) mass is 267 g/mol. The van der Waals surface area contributed by atoms with Crippen LogP contribution in [0.15, 0.2) is 53.1 Å². The van der Waals surface area contributed by atoms with Gasteiger partial charge in [-0.25, -0.2) is 4.98 Å². The maximum Gasteiger partial charge on any atom is 0.152 e. The number of furan rings is 1. The van der Waals surface area contributed by atoms with E-state index in [1.165, 1.54) is 0 Å². The van der Waals surface area contributed by atoms with Crippen molar-refractivity contribution in [2.75, 3.05) is 6.54 Å². The van der Waals surface area contributed by atoms with Gasteiger partial charge in [0.1, 0.15) is 17.3 Å². The van der Waals surface area contributed by atoms with Crippen LogP contribution in [-0.4, -0.2) is 16.5 Å². The van der Waals surface area contributed by atoms with E-state index in [0.29, 0.717) is 6.54 Å². The quantitative estimate of drug-likeness (QED) is 0.763. The van der Waals surface area contributed by atoms with Gasteiger partial charge < -0.3 is 15.1 Å². The van der Waals surface area contributed by atoms with E-state index < -0.39 is 0 Å². The molecule has 0 amide bonds. The lowest BCUT2D eigenvalue weighted by Gasteiger charge is -2.12. The summed E-state index contributed by atoms with van der Waals surface area (Å²) in [4.78, 5) is 7.76. The second-order valence-electron chi connectivity index (χ2n) is 4.79. The fourth-order valence-corrected chi connectivity index (χ4v) is 2.31. The Morgan fingerprint density at radius 1 is 1.20 bits per heavy atom. The predicted octanol–water partition coefficient (Wildman–Crippen LogP) is 3.07. The number of aromatic nitrogens is 2. The van der Waals surface area contributed by atoms with Crippen LogP contribution in [0.5, 0.6) is 0 Å². The van der Waals surface area contributed by atoms with Crippen LogP contribution in [0.3, 0.4) is 0 Å². The minimum absolute atomic E-state index is 0.0704. The average molecular weight is 267 g/mol. The molecule has 0 bridgehead atoms. The summed E-state index contributed by atoms with van der Waals surface area (Å²) in [6.45, 7) is 2.43. The molecule has 20 heavy (non-hydrogen) atoms. The fraction of sp³-hybridized carbons (Fsp3) is 0.188. The van der Waals surface area contributed by atoms with Gasteiger partial charge in [-0.2, -0.15) is 0 Å². The fourth-order valence-electron chi connectivity index (χ4n) is 2.31. The van der Waals surface area contributed by atoms with Crippen LogP contribution < -0.4 is 5.73 Å². The van der Waals surface area contributed by atoms with E-state index in [-0.39, 0.29) is 5.92 Å². The topological polar surface area (TPSA) is 67.8 Å². The number of hydrogen-bond donors (Lipinski definition) is 2. The smallest absolute Gasteiger partial charge is 0.152 e. The molecule has 1 atom stereocenters. The number of nitrogens with one attached hydrogen (secondary N) is 1. The number of benzene rings is 1. The first kappa shape index (κ1) is 12.7. The van der Waals surface area contributed by atoms with Crippen molar-refractivity contribution >= 4 is 0 Å². The number of nitrogens with zero attached hydrogens (tertiary/aromatic N) is 1. The lowest BCUT2D eigenvalue weighted by atomic mass is 9.99. The predicted molar refractivity (Wildman–Crippen MR) is 78.4 cm³/mol. The third-order valence-electron chi connectivity index (χ3n) is 3.37. The van der Waals surface area contributed by atoms with Gasteiger partial charge in [0, 0.05) is 6.54 Å². The minimum Gasteiger partial charge on any atom is -0.460 e. The van der Waals surface area contributed by atoms with Crippen LogP contribution in [0.25, 0.3) is 11.5 Å². The van der Waals surface area contributed by atoms with Crippen molar-refractivity contribution in [2.45, 2.75) is 12.8 Å². The van der Waals surface area contributed by atoms with E-state index >= 15 is 0 Å². The zero-order valence-corrected chi connectivity index (χ0v) is 11.3. The first-order chi connectivity index (χ1) is 9.78. The third kappa shape index (κ3) is 2.38. The van der Waals surface area contributed by atoms with Crippen molar-refractivity contribution in [3.8, 4) is 11.5 Å². The normalized spacial score (nSPS) is 12.5. The molecule has 2 heterocycles. The standard InChI is InChI=1S/C16H17N3O/c1-11-7-8-15(20-11)14-10-18-16(19-14)13(9-17)12-5-3-2-4-6-12/h2-8,10,13H,9,17H2,1H3,(H,18,19). The number of rotatable bonds is 4. The number of imidazole rings is 1.